The molecule has 1 spiro atoms. The van der Waals surface area contributed by atoms with Crippen LogP contribution >= 0.6 is 0 Å². The molecular formula is C17H25NO5. The van der Waals surface area contributed by atoms with Gasteiger partial charge in [-0.3, -0.25) is 4.90 Å². The third-order valence-electron chi connectivity index (χ3n) is 4.77. The summed E-state index contributed by atoms with van der Waals surface area (Å²) in [5.74, 6) is 1.09. The van der Waals surface area contributed by atoms with Gasteiger partial charge in [-0.05, 0) is 18.9 Å². The van der Waals surface area contributed by atoms with E-state index >= 15 is 0 Å². The number of piperidine rings is 1. The van der Waals surface area contributed by atoms with Gasteiger partial charge in [-0.1, -0.05) is 6.07 Å². The highest BCUT2D eigenvalue weighted by atomic mass is 16.6. The second-order valence-electron chi connectivity index (χ2n) is 6.17. The second-order valence-corrected chi connectivity index (χ2v) is 6.17. The van der Waals surface area contributed by atoms with Gasteiger partial charge in [0.05, 0.1) is 39.6 Å². The minimum absolute atomic E-state index is 0.103. The molecule has 2 fully saturated rings. The Kier molecular flexibility index (Phi) is 4.94. The zero-order valence-electron chi connectivity index (χ0n) is 13.8. The Bertz CT molecular complexity index is 532. The lowest BCUT2D eigenvalue weighted by molar-refractivity contribution is -0.177. The molecule has 23 heavy (non-hydrogen) atoms. The Balaban J connectivity index is 1.64. The average Bonchev–Trinajstić information content (AvgIpc) is 2.59. The maximum atomic E-state index is 10.4. The number of benzene rings is 1. The van der Waals surface area contributed by atoms with E-state index in [9.17, 15) is 5.11 Å². The quantitative estimate of drug-likeness (QED) is 0.912. The molecule has 6 heteroatoms. The summed E-state index contributed by atoms with van der Waals surface area (Å²) in [6, 6.07) is 3.72. The highest BCUT2D eigenvalue weighted by molar-refractivity contribution is 5.54. The van der Waals surface area contributed by atoms with Crippen LogP contribution in [0, 0.1) is 0 Å². The van der Waals surface area contributed by atoms with Gasteiger partial charge in [-0.2, -0.15) is 0 Å². The molecule has 6 nitrogen and oxygen atoms in total. The number of phenolic OH excluding ortho intramolecular Hbond substituents is 1. The molecular weight excluding hydrogens is 298 g/mol. The molecule has 0 aliphatic carbocycles. The van der Waals surface area contributed by atoms with Crippen LogP contribution in [0.5, 0.6) is 17.2 Å². The van der Waals surface area contributed by atoms with Gasteiger partial charge in [-0.25, -0.2) is 0 Å². The molecule has 0 saturated carbocycles. The topological polar surface area (TPSA) is 60.4 Å². The van der Waals surface area contributed by atoms with Gasteiger partial charge in [0.2, 0.25) is 5.75 Å². The molecule has 0 atom stereocenters. The summed E-state index contributed by atoms with van der Waals surface area (Å²) in [5.41, 5.74) is 0.744. The molecule has 2 aliphatic rings. The predicted octanol–water partition coefficient (Wildman–Crippen LogP) is 1.79. The summed E-state index contributed by atoms with van der Waals surface area (Å²) in [6.45, 7) is 4.63. The highest BCUT2D eigenvalue weighted by Crippen LogP contribution is 2.40. The fourth-order valence-electron chi connectivity index (χ4n) is 3.34. The van der Waals surface area contributed by atoms with Crippen molar-refractivity contribution >= 4 is 0 Å². The fourth-order valence-corrected chi connectivity index (χ4v) is 3.34. The van der Waals surface area contributed by atoms with E-state index in [0.29, 0.717) is 37.9 Å². The molecule has 0 unspecified atom stereocenters. The third-order valence-corrected chi connectivity index (χ3v) is 4.77. The van der Waals surface area contributed by atoms with E-state index in [1.165, 1.54) is 7.11 Å². The van der Waals surface area contributed by atoms with Gasteiger partial charge in [0.25, 0.3) is 0 Å². The monoisotopic (exact) mass is 323 g/mol. The zero-order chi connectivity index (χ0) is 16.3. The van der Waals surface area contributed by atoms with E-state index in [1.54, 1.807) is 7.11 Å². The molecule has 1 N–H and O–H groups in total. The number of ether oxygens (including phenoxy) is 4. The van der Waals surface area contributed by atoms with Crippen molar-refractivity contribution in [1.82, 2.24) is 4.90 Å². The molecule has 0 bridgehead atoms. The summed E-state index contributed by atoms with van der Waals surface area (Å²) in [5, 5.41) is 10.4. The first-order chi connectivity index (χ1) is 11.2. The molecule has 3 rings (SSSR count). The van der Waals surface area contributed by atoms with Crippen LogP contribution in [0.4, 0.5) is 0 Å². The van der Waals surface area contributed by atoms with Crippen molar-refractivity contribution in [2.24, 2.45) is 0 Å². The molecule has 0 radical (unpaired) electrons. The van der Waals surface area contributed by atoms with Crippen molar-refractivity contribution in [3.8, 4) is 17.2 Å². The predicted molar refractivity (Wildman–Crippen MR) is 85.2 cm³/mol. The number of aromatic hydroxyl groups is 1. The Morgan fingerprint density at radius 1 is 1.17 bits per heavy atom. The van der Waals surface area contributed by atoms with Crippen molar-refractivity contribution in [3.63, 3.8) is 0 Å². The van der Waals surface area contributed by atoms with Crippen LogP contribution in [0.2, 0.25) is 0 Å². The van der Waals surface area contributed by atoms with Crippen LogP contribution in [0.15, 0.2) is 12.1 Å². The number of hydrogen-bond donors (Lipinski definition) is 1. The van der Waals surface area contributed by atoms with Crippen molar-refractivity contribution in [1.29, 1.82) is 0 Å². The fraction of sp³-hybridized carbons (Fsp3) is 0.647. The third kappa shape index (κ3) is 3.39. The number of phenols is 1. The molecule has 2 heterocycles. The minimum Gasteiger partial charge on any atom is -0.504 e. The van der Waals surface area contributed by atoms with Crippen LogP contribution in [-0.2, 0) is 16.0 Å². The Morgan fingerprint density at radius 3 is 2.57 bits per heavy atom. The second kappa shape index (κ2) is 6.95. The van der Waals surface area contributed by atoms with Crippen molar-refractivity contribution in [2.75, 3.05) is 47.1 Å². The van der Waals surface area contributed by atoms with Crippen LogP contribution < -0.4 is 9.47 Å². The van der Waals surface area contributed by atoms with Gasteiger partial charge < -0.3 is 24.1 Å². The number of hydrogen-bond acceptors (Lipinski definition) is 6. The standard InChI is InChI=1S/C17H25NO5/c1-20-14-4-3-13(15(19)16(14)21-2)11-18-7-5-17(6-8-18)12-22-9-10-23-17/h3-4,19H,5-12H2,1-2H3. The number of likely N-dealkylation sites (tertiary alicyclic amines) is 1. The van der Waals surface area contributed by atoms with Gasteiger partial charge >= 0.3 is 0 Å². The van der Waals surface area contributed by atoms with Crippen LogP contribution in [0.1, 0.15) is 18.4 Å². The Morgan fingerprint density at radius 2 is 1.96 bits per heavy atom. The van der Waals surface area contributed by atoms with Crippen molar-refractivity contribution in [2.45, 2.75) is 25.0 Å². The molecule has 0 aromatic heterocycles. The summed E-state index contributed by atoms with van der Waals surface area (Å²) in [7, 11) is 3.10. The molecule has 1 aromatic rings. The first-order valence-corrected chi connectivity index (χ1v) is 8.04. The Labute approximate surface area is 136 Å². The summed E-state index contributed by atoms with van der Waals surface area (Å²) >= 11 is 0. The minimum atomic E-state index is -0.103. The van der Waals surface area contributed by atoms with E-state index in [1.807, 2.05) is 12.1 Å². The first kappa shape index (κ1) is 16.4. The van der Waals surface area contributed by atoms with Gasteiger partial charge in [0.1, 0.15) is 0 Å². The van der Waals surface area contributed by atoms with E-state index < -0.39 is 0 Å². The average molecular weight is 323 g/mol. The van der Waals surface area contributed by atoms with E-state index in [2.05, 4.69) is 4.90 Å². The lowest BCUT2D eigenvalue weighted by Crippen LogP contribution is -2.51. The number of nitrogens with zero attached hydrogens (tertiary/aromatic N) is 1. The maximum Gasteiger partial charge on any atom is 0.203 e. The van der Waals surface area contributed by atoms with Gasteiger partial charge in [-0.15, -0.1) is 0 Å². The summed E-state index contributed by atoms with van der Waals surface area (Å²) in [6.07, 6.45) is 1.92. The zero-order valence-corrected chi connectivity index (χ0v) is 13.8. The van der Waals surface area contributed by atoms with E-state index in [4.69, 9.17) is 18.9 Å². The van der Waals surface area contributed by atoms with Crippen LogP contribution in [0.3, 0.4) is 0 Å². The number of rotatable bonds is 4. The SMILES string of the molecule is COc1ccc(CN2CCC3(CC2)COCCO3)c(O)c1OC. The first-order valence-electron chi connectivity index (χ1n) is 8.04. The van der Waals surface area contributed by atoms with Crippen molar-refractivity contribution < 1.29 is 24.1 Å². The van der Waals surface area contributed by atoms with E-state index in [-0.39, 0.29) is 11.4 Å². The van der Waals surface area contributed by atoms with Crippen LogP contribution in [0.25, 0.3) is 0 Å². The highest BCUT2D eigenvalue weighted by Gasteiger charge is 2.37. The normalized spacial score (nSPS) is 21.3. The summed E-state index contributed by atoms with van der Waals surface area (Å²) < 4.78 is 22.0. The van der Waals surface area contributed by atoms with Gasteiger partial charge in [0.15, 0.2) is 11.5 Å². The van der Waals surface area contributed by atoms with E-state index in [0.717, 1.165) is 31.5 Å². The molecule has 2 aliphatic heterocycles. The molecule has 128 valence electrons. The molecule has 1 aromatic carbocycles. The smallest absolute Gasteiger partial charge is 0.203 e. The van der Waals surface area contributed by atoms with Gasteiger partial charge in [0, 0.05) is 25.2 Å². The number of methoxy groups -OCH3 is 2. The molecule has 2 saturated heterocycles. The Hall–Kier alpha value is -1.50. The van der Waals surface area contributed by atoms with Crippen LogP contribution in [-0.4, -0.2) is 62.7 Å². The van der Waals surface area contributed by atoms with Crippen molar-refractivity contribution in [3.05, 3.63) is 17.7 Å². The lowest BCUT2D eigenvalue weighted by atomic mass is 9.91. The lowest BCUT2D eigenvalue weighted by Gasteiger charge is -2.43. The summed E-state index contributed by atoms with van der Waals surface area (Å²) in [4.78, 5) is 2.32. The largest absolute Gasteiger partial charge is 0.504 e. The molecule has 0 amide bonds. The maximum absolute atomic E-state index is 10.4.